The lowest BCUT2D eigenvalue weighted by Gasteiger charge is -2.32. The van der Waals surface area contributed by atoms with Crippen LogP contribution in [0.5, 0.6) is 0 Å². The molecule has 1 rings (SSSR count). The number of nitrogens with zero attached hydrogens (tertiary/aromatic N) is 1. The van der Waals surface area contributed by atoms with Crippen LogP contribution in [0, 0.1) is 5.92 Å². The summed E-state index contributed by atoms with van der Waals surface area (Å²) < 4.78 is 0. The molecule has 2 N–H and O–H groups in total. The van der Waals surface area contributed by atoms with Crippen LogP contribution >= 0.6 is 0 Å². The van der Waals surface area contributed by atoms with Gasteiger partial charge in [-0.1, -0.05) is 13.8 Å². The van der Waals surface area contributed by atoms with Crippen molar-refractivity contribution in [3.05, 3.63) is 0 Å². The molecular formula is C15H28N2O3. The van der Waals surface area contributed by atoms with Crippen LogP contribution in [0.3, 0.4) is 0 Å². The number of amides is 2. The van der Waals surface area contributed by atoms with E-state index in [1.54, 1.807) is 0 Å². The van der Waals surface area contributed by atoms with Gasteiger partial charge in [0, 0.05) is 26.1 Å². The van der Waals surface area contributed by atoms with Gasteiger partial charge in [0.2, 0.25) is 11.8 Å². The standard InChI is InChI=1S/C15H28N2O3/c1-3-6-14(19)17-10-5-7-12(11-17)15(20)16-9-8-13(18)4-2/h12-13,18H,3-11H2,1-2H3,(H,16,20). The molecule has 0 spiro atoms. The summed E-state index contributed by atoms with van der Waals surface area (Å²) in [4.78, 5) is 25.8. The number of nitrogens with one attached hydrogen (secondary N) is 1. The number of aliphatic hydroxyl groups excluding tert-OH is 1. The number of hydrogen-bond acceptors (Lipinski definition) is 3. The van der Waals surface area contributed by atoms with Gasteiger partial charge in [-0.2, -0.15) is 0 Å². The van der Waals surface area contributed by atoms with Crippen molar-refractivity contribution < 1.29 is 14.7 Å². The van der Waals surface area contributed by atoms with Crippen molar-refractivity contribution in [1.82, 2.24) is 10.2 Å². The Hall–Kier alpha value is -1.10. The number of likely N-dealkylation sites (tertiary alicyclic amines) is 1. The molecule has 5 nitrogen and oxygen atoms in total. The van der Waals surface area contributed by atoms with Gasteiger partial charge in [0.05, 0.1) is 12.0 Å². The molecule has 0 aliphatic carbocycles. The number of piperidine rings is 1. The van der Waals surface area contributed by atoms with Crippen LogP contribution in [0.25, 0.3) is 0 Å². The molecule has 1 aliphatic rings. The Labute approximate surface area is 121 Å². The average molecular weight is 284 g/mol. The zero-order valence-corrected chi connectivity index (χ0v) is 12.7. The zero-order chi connectivity index (χ0) is 15.0. The Morgan fingerprint density at radius 2 is 2.15 bits per heavy atom. The monoisotopic (exact) mass is 284 g/mol. The topological polar surface area (TPSA) is 69.6 Å². The van der Waals surface area contributed by atoms with Gasteiger partial charge in [-0.3, -0.25) is 9.59 Å². The van der Waals surface area contributed by atoms with Crippen LogP contribution in [0.2, 0.25) is 0 Å². The molecule has 0 aromatic heterocycles. The third kappa shape index (κ3) is 5.49. The maximum absolute atomic E-state index is 12.1. The maximum Gasteiger partial charge on any atom is 0.224 e. The van der Waals surface area contributed by atoms with Crippen LogP contribution in [0.15, 0.2) is 0 Å². The van der Waals surface area contributed by atoms with Crippen LogP contribution in [-0.2, 0) is 9.59 Å². The van der Waals surface area contributed by atoms with Crippen LogP contribution in [-0.4, -0.2) is 47.6 Å². The molecule has 0 aromatic rings. The summed E-state index contributed by atoms with van der Waals surface area (Å²) in [6.45, 7) is 5.74. The largest absolute Gasteiger partial charge is 0.393 e. The van der Waals surface area contributed by atoms with Gasteiger partial charge in [-0.05, 0) is 32.1 Å². The quantitative estimate of drug-likeness (QED) is 0.740. The first-order valence-electron chi connectivity index (χ1n) is 7.82. The van der Waals surface area contributed by atoms with Crippen molar-refractivity contribution in [2.45, 2.75) is 58.5 Å². The Kier molecular flexibility index (Phi) is 7.59. The van der Waals surface area contributed by atoms with Crippen LogP contribution in [0.4, 0.5) is 0 Å². The van der Waals surface area contributed by atoms with Gasteiger partial charge in [-0.15, -0.1) is 0 Å². The summed E-state index contributed by atoms with van der Waals surface area (Å²) in [7, 11) is 0. The lowest BCUT2D eigenvalue weighted by molar-refractivity contribution is -0.135. The van der Waals surface area contributed by atoms with Crippen molar-refractivity contribution in [3.63, 3.8) is 0 Å². The molecule has 2 atom stereocenters. The van der Waals surface area contributed by atoms with Gasteiger partial charge in [0.15, 0.2) is 0 Å². The van der Waals surface area contributed by atoms with E-state index >= 15 is 0 Å². The maximum atomic E-state index is 12.1. The molecule has 5 heteroatoms. The van der Waals surface area contributed by atoms with Crippen molar-refractivity contribution in [2.24, 2.45) is 5.92 Å². The lowest BCUT2D eigenvalue weighted by atomic mass is 9.96. The minimum Gasteiger partial charge on any atom is -0.393 e. The Morgan fingerprint density at radius 1 is 1.40 bits per heavy atom. The van der Waals surface area contributed by atoms with E-state index in [0.29, 0.717) is 32.4 Å². The first-order chi connectivity index (χ1) is 9.58. The van der Waals surface area contributed by atoms with E-state index in [1.165, 1.54) is 0 Å². The average Bonchev–Trinajstić information content (AvgIpc) is 2.47. The molecular weight excluding hydrogens is 256 g/mol. The van der Waals surface area contributed by atoms with E-state index in [0.717, 1.165) is 25.8 Å². The second kappa shape index (κ2) is 8.95. The molecule has 0 saturated carbocycles. The summed E-state index contributed by atoms with van der Waals surface area (Å²) in [6.07, 6.45) is 4.11. The Morgan fingerprint density at radius 3 is 2.80 bits per heavy atom. The molecule has 1 fully saturated rings. The fraction of sp³-hybridized carbons (Fsp3) is 0.867. The number of rotatable bonds is 7. The number of aliphatic hydroxyl groups is 1. The third-order valence-electron chi connectivity index (χ3n) is 3.86. The van der Waals surface area contributed by atoms with E-state index < -0.39 is 0 Å². The van der Waals surface area contributed by atoms with Gasteiger partial charge in [-0.25, -0.2) is 0 Å². The summed E-state index contributed by atoms with van der Waals surface area (Å²) >= 11 is 0. The van der Waals surface area contributed by atoms with Crippen molar-refractivity contribution in [3.8, 4) is 0 Å². The van der Waals surface area contributed by atoms with Gasteiger partial charge in [0.1, 0.15) is 0 Å². The molecule has 1 saturated heterocycles. The minimum atomic E-state index is -0.343. The molecule has 1 aliphatic heterocycles. The fourth-order valence-corrected chi connectivity index (χ4v) is 2.50. The van der Waals surface area contributed by atoms with E-state index in [1.807, 2.05) is 18.7 Å². The van der Waals surface area contributed by atoms with E-state index in [2.05, 4.69) is 5.32 Å². The third-order valence-corrected chi connectivity index (χ3v) is 3.86. The summed E-state index contributed by atoms with van der Waals surface area (Å²) in [5, 5.41) is 12.3. The van der Waals surface area contributed by atoms with Crippen molar-refractivity contribution >= 4 is 11.8 Å². The van der Waals surface area contributed by atoms with E-state index in [-0.39, 0.29) is 23.8 Å². The van der Waals surface area contributed by atoms with Gasteiger partial charge in [0.25, 0.3) is 0 Å². The molecule has 20 heavy (non-hydrogen) atoms. The number of carbonyl (C=O) groups is 2. The highest BCUT2D eigenvalue weighted by atomic mass is 16.3. The van der Waals surface area contributed by atoms with Gasteiger partial charge >= 0.3 is 0 Å². The highest BCUT2D eigenvalue weighted by Gasteiger charge is 2.27. The first kappa shape index (κ1) is 17.0. The lowest BCUT2D eigenvalue weighted by Crippen LogP contribution is -2.45. The number of carbonyl (C=O) groups excluding carboxylic acids is 2. The predicted molar refractivity (Wildman–Crippen MR) is 78.1 cm³/mol. The summed E-state index contributed by atoms with van der Waals surface area (Å²) in [6, 6.07) is 0. The molecule has 2 unspecified atom stereocenters. The second-order valence-corrected chi connectivity index (χ2v) is 5.57. The summed E-state index contributed by atoms with van der Waals surface area (Å²) in [5.41, 5.74) is 0. The molecule has 0 bridgehead atoms. The number of hydrogen-bond donors (Lipinski definition) is 2. The smallest absolute Gasteiger partial charge is 0.224 e. The van der Waals surface area contributed by atoms with Crippen LogP contribution < -0.4 is 5.32 Å². The highest BCUT2D eigenvalue weighted by molar-refractivity contribution is 5.81. The minimum absolute atomic E-state index is 0.0160. The molecule has 116 valence electrons. The predicted octanol–water partition coefficient (Wildman–Crippen LogP) is 1.30. The summed E-state index contributed by atoms with van der Waals surface area (Å²) in [5.74, 6) is 0.0806. The zero-order valence-electron chi connectivity index (χ0n) is 12.7. The molecule has 0 radical (unpaired) electrons. The van der Waals surface area contributed by atoms with E-state index in [4.69, 9.17) is 0 Å². The van der Waals surface area contributed by atoms with E-state index in [9.17, 15) is 14.7 Å². The highest BCUT2D eigenvalue weighted by Crippen LogP contribution is 2.17. The molecule has 2 amide bonds. The second-order valence-electron chi connectivity index (χ2n) is 5.57. The van der Waals surface area contributed by atoms with Crippen molar-refractivity contribution in [2.75, 3.05) is 19.6 Å². The van der Waals surface area contributed by atoms with Crippen molar-refractivity contribution in [1.29, 1.82) is 0 Å². The molecule has 0 aromatic carbocycles. The van der Waals surface area contributed by atoms with Gasteiger partial charge < -0.3 is 15.3 Å². The fourth-order valence-electron chi connectivity index (χ4n) is 2.50. The Bertz CT molecular complexity index is 320. The molecule has 1 heterocycles. The SMILES string of the molecule is CCCC(=O)N1CCCC(C(=O)NCCC(O)CC)C1. The van der Waals surface area contributed by atoms with Crippen LogP contribution in [0.1, 0.15) is 52.4 Å². The Balaban J connectivity index is 2.34. The normalized spacial score (nSPS) is 20.6. The first-order valence-corrected chi connectivity index (χ1v) is 7.82.